The lowest BCUT2D eigenvalue weighted by atomic mass is 9.96. The number of hydrogen-bond donors (Lipinski definition) is 2. The molecule has 0 radical (unpaired) electrons. The average Bonchev–Trinajstić information content (AvgIpc) is 3.73. The normalized spacial score (nSPS) is 20.6. The molecule has 0 spiro atoms. The van der Waals surface area contributed by atoms with E-state index < -0.39 is 41.4 Å². The molecule has 11 nitrogen and oxygen atoms in total. The Hall–Kier alpha value is -5.48. The molecule has 0 aromatic heterocycles. The minimum atomic E-state index is -3.22. The number of likely N-dealkylation sites (tertiary alicyclic amines) is 1. The Bertz CT molecular complexity index is 1850. The number of carbonyl (C=O) groups excluding carboxylic acids is 3. The SMILES string of the molecule is CC1=CN2NC[C@H](C(=O)Nc3ccc(O[C@H]4CCN(C(=O)OC(C)(C)C)C4)c(C#N)c3)C2C(=O)N1c1ccc(C(F)(F)c2ccccc2)cc1. The molecule has 3 aromatic carbocycles. The average molecular weight is 685 g/mol. The molecular formula is C37H38F2N6O5. The number of anilines is 2. The summed E-state index contributed by atoms with van der Waals surface area (Å²) in [6.07, 6.45) is 1.52. The molecule has 2 fully saturated rings. The second-order valence-corrected chi connectivity index (χ2v) is 13.5. The maximum Gasteiger partial charge on any atom is 0.410 e. The highest BCUT2D eigenvalue weighted by atomic mass is 19.3. The fourth-order valence-corrected chi connectivity index (χ4v) is 6.32. The summed E-state index contributed by atoms with van der Waals surface area (Å²) in [6.45, 7) is 8.07. The van der Waals surface area contributed by atoms with Gasteiger partial charge in [-0.3, -0.25) is 14.5 Å². The molecule has 3 aromatic rings. The fraction of sp³-hybridized carbons (Fsp3) is 0.351. The first-order valence-electron chi connectivity index (χ1n) is 16.3. The Kier molecular flexibility index (Phi) is 9.24. The van der Waals surface area contributed by atoms with E-state index in [4.69, 9.17) is 9.47 Å². The second kappa shape index (κ2) is 13.4. The number of halogens is 2. The van der Waals surface area contributed by atoms with E-state index in [9.17, 15) is 19.6 Å². The van der Waals surface area contributed by atoms with Crippen molar-refractivity contribution < 1.29 is 32.6 Å². The number of carbonyl (C=O) groups is 3. The molecule has 0 saturated carbocycles. The van der Waals surface area contributed by atoms with E-state index in [1.807, 2.05) is 0 Å². The Labute approximate surface area is 289 Å². The number of amides is 3. The standard InChI is InChI=1S/C37H38F2N6O5/c1-23-21-44-32(34(47)45(23)28-13-10-26(11-14-28)37(38,39)25-8-6-5-7-9-25)30(20-41-44)33(46)42-27-12-15-31(24(18-27)19-40)49-29-16-17-43(22-29)35(48)50-36(2,3)4/h5-15,18,21,29-30,32,41H,16-17,20,22H2,1-4H3,(H,42,46)/t29-,30-,32?/m0/s1. The Balaban J connectivity index is 1.12. The van der Waals surface area contributed by atoms with Gasteiger partial charge in [0.05, 0.1) is 18.0 Å². The number of rotatable bonds is 7. The third-order valence-corrected chi connectivity index (χ3v) is 8.75. The first-order chi connectivity index (χ1) is 23.7. The molecule has 3 aliphatic rings. The van der Waals surface area contributed by atoms with Crippen molar-refractivity contribution in [3.05, 3.63) is 101 Å². The highest BCUT2D eigenvalue weighted by Crippen LogP contribution is 2.38. The van der Waals surface area contributed by atoms with Crippen LogP contribution in [0.5, 0.6) is 5.75 Å². The monoisotopic (exact) mass is 684 g/mol. The molecule has 3 aliphatic heterocycles. The Morgan fingerprint density at radius 3 is 2.40 bits per heavy atom. The summed E-state index contributed by atoms with van der Waals surface area (Å²) in [5.74, 6) is -4.54. The van der Waals surface area contributed by atoms with Crippen LogP contribution >= 0.6 is 0 Å². The molecule has 3 atom stereocenters. The molecule has 13 heteroatoms. The Morgan fingerprint density at radius 1 is 1.02 bits per heavy atom. The molecule has 2 N–H and O–H groups in total. The maximum absolute atomic E-state index is 15.2. The third kappa shape index (κ3) is 6.97. The summed E-state index contributed by atoms with van der Waals surface area (Å²) in [5.41, 5.74) is 3.62. The van der Waals surface area contributed by atoms with Crippen LogP contribution in [0.1, 0.15) is 50.8 Å². The number of benzene rings is 3. The molecule has 50 heavy (non-hydrogen) atoms. The Morgan fingerprint density at radius 2 is 1.72 bits per heavy atom. The van der Waals surface area contributed by atoms with Gasteiger partial charge in [0.1, 0.15) is 29.6 Å². The number of alkyl halides is 2. The van der Waals surface area contributed by atoms with Gasteiger partial charge in [-0.1, -0.05) is 42.5 Å². The first-order valence-corrected chi connectivity index (χ1v) is 16.3. The molecule has 0 bridgehead atoms. The van der Waals surface area contributed by atoms with Crippen molar-refractivity contribution in [3.63, 3.8) is 0 Å². The van der Waals surface area contributed by atoms with Gasteiger partial charge in [0.2, 0.25) is 5.91 Å². The van der Waals surface area contributed by atoms with Gasteiger partial charge in [0.25, 0.3) is 11.8 Å². The van der Waals surface area contributed by atoms with Crippen molar-refractivity contribution in [2.24, 2.45) is 5.92 Å². The molecule has 6 rings (SSSR count). The van der Waals surface area contributed by atoms with Crippen LogP contribution in [-0.2, 0) is 20.2 Å². The van der Waals surface area contributed by atoms with E-state index >= 15 is 8.78 Å². The summed E-state index contributed by atoms with van der Waals surface area (Å²) < 4.78 is 41.8. The zero-order valence-electron chi connectivity index (χ0n) is 28.2. The summed E-state index contributed by atoms with van der Waals surface area (Å²) in [5, 5.41) is 14.3. The van der Waals surface area contributed by atoms with Gasteiger partial charge >= 0.3 is 6.09 Å². The van der Waals surface area contributed by atoms with Gasteiger partial charge in [0.15, 0.2) is 0 Å². The van der Waals surface area contributed by atoms with Gasteiger partial charge < -0.3 is 24.7 Å². The first kappa shape index (κ1) is 34.4. The van der Waals surface area contributed by atoms with Gasteiger partial charge in [-0.05, 0) is 58.0 Å². The van der Waals surface area contributed by atoms with Crippen molar-refractivity contribution in [1.82, 2.24) is 15.3 Å². The largest absolute Gasteiger partial charge is 0.487 e. The van der Waals surface area contributed by atoms with Crippen LogP contribution in [0.4, 0.5) is 25.0 Å². The number of allylic oxidation sites excluding steroid dienone is 1. The minimum absolute atomic E-state index is 0.135. The summed E-state index contributed by atoms with van der Waals surface area (Å²) in [6, 6.07) is 19.0. The van der Waals surface area contributed by atoms with Crippen molar-refractivity contribution in [2.75, 3.05) is 29.9 Å². The van der Waals surface area contributed by atoms with E-state index in [1.165, 1.54) is 47.4 Å². The lowest BCUT2D eigenvalue weighted by Crippen LogP contribution is -2.53. The number of hydrogen-bond acceptors (Lipinski definition) is 8. The number of ether oxygens (including phenoxy) is 2. The van der Waals surface area contributed by atoms with Crippen LogP contribution in [-0.4, -0.2) is 65.2 Å². The predicted molar refractivity (Wildman–Crippen MR) is 181 cm³/mol. The third-order valence-electron chi connectivity index (χ3n) is 8.75. The van der Waals surface area contributed by atoms with Gasteiger partial charge in [-0.25, -0.2) is 10.2 Å². The summed E-state index contributed by atoms with van der Waals surface area (Å²) in [4.78, 5) is 42.9. The topological polar surface area (TPSA) is 127 Å². The molecule has 1 unspecified atom stereocenters. The van der Waals surface area contributed by atoms with E-state index in [2.05, 4.69) is 16.8 Å². The highest BCUT2D eigenvalue weighted by molar-refractivity contribution is 6.05. The van der Waals surface area contributed by atoms with Crippen molar-refractivity contribution in [1.29, 1.82) is 5.26 Å². The van der Waals surface area contributed by atoms with Crippen molar-refractivity contribution in [2.45, 2.75) is 57.8 Å². The number of nitriles is 1. The highest BCUT2D eigenvalue weighted by Gasteiger charge is 2.47. The lowest BCUT2D eigenvalue weighted by Gasteiger charge is -2.36. The van der Waals surface area contributed by atoms with E-state index in [1.54, 1.807) is 74.1 Å². The minimum Gasteiger partial charge on any atom is -0.487 e. The molecule has 260 valence electrons. The van der Waals surface area contributed by atoms with Gasteiger partial charge in [-0.2, -0.15) is 14.0 Å². The maximum atomic E-state index is 15.2. The lowest BCUT2D eigenvalue weighted by molar-refractivity contribution is -0.129. The molecular weight excluding hydrogens is 646 g/mol. The van der Waals surface area contributed by atoms with Crippen LogP contribution < -0.4 is 20.4 Å². The van der Waals surface area contributed by atoms with E-state index in [0.29, 0.717) is 42.3 Å². The molecule has 3 heterocycles. The molecule has 0 aliphatic carbocycles. The zero-order valence-corrected chi connectivity index (χ0v) is 28.2. The van der Waals surface area contributed by atoms with Crippen molar-refractivity contribution >= 4 is 29.3 Å². The van der Waals surface area contributed by atoms with E-state index in [-0.39, 0.29) is 29.3 Å². The van der Waals surface area contributed by atoms with Crippen LogP contribution in [0.15, 0.2) is 84.7 Å². The number of hydrazine groups is 1. The second-order valence-electron chi connectivity index (χ2n) is 13.5. The summed E-state index contributed by atoms with van der Waals surface area (Å²) >= 11 is 0. The van der Waals surface area contributed by atoms with Gasteiger partial charge in [0, 0.05) is 53.9 Å². The van der Waals surface area contributed by atoms with Crippen LogP contribution in [0.2, 0.25) is 0 Å². The zero-order chi connectivity index (χ0) is 35.8. The summed E-state index contributed by atoms with van der Waals surface area (Å²) in [7, 11) is 0. The fourth-order valence-electron chi connectivity index (χ4n) is 6.32. The van der Waals surface area contributed by atoms with Crippen LogP contribution in [0.3, 0.4) is 0 Å². The predicted octanol–water partition coefficient (Wildman–Crippen LogP) is 5.74. The van der Waals surface area contributed by atoms with Crippen LogP contribution in [0.25, 0.3) is 0 Å². The molecule has 2 saturated heterocycles. The van der Waals surface area contributed by atoms with Crippen LogP contribution in [0, 0.1) is 17.2 Å². The van der Waals surface area contributed by atoms with Gasteiger partial charge in [-0.15, -0.1) is 0 Å². The smallest absolute Gasteiger partial charge is 0.410 e. The number of nitrogens with zero attached hydrogens (tertiary/aromatic N) is 4. The molecule has 3 amide bonds. The quantitative estimate of drug-likeness (QED) is 0.323. The van der Waals surface area contributed by atoms with Crippen molar-refractivity contribution in [3.8, 4) is 11.8 Å². The number of nitrogens with one attached hydrogen (secondary N) is 2. The van der Waals surface area contributed by atoms with E-state index in [0.717, 1.165) is 0 Å². The number of fused-ring (bicyclic) bond motifs is 1.